The number of benzene rings is 1. The van der Waals surface area contributed by atoms with Crippen LogP contribution in [0, 0.1) is 0 Å². The molecule has 19 heavy (non-hydrogen) atoms. The van der Waals surface area contributed by atoms with Crippen LogP contribution in [0.1, 0.15) is 19.4 Å². The molecule has 1 heterocycles. The van der Waals surface area contributed by atoms with Gasteiger partial charge in [0.2, 0.25) is 0 Å². The monoisotopic (exact) mass is 260 g/mol. The molecule has 0 bridgehead atoms. The predicted octanol–water partition coefficient (Wildman–Crippen LogP) is 3.02. The SMILES string of the molecule is COc1c(CC=C(C)C)c(O)cc2oc(=O)ccc12. The summed E-state index contributed by atoms with van der Waals surface area (Å²) in [5.41, 5.74) is 1.71. The van der Waals surface area contributed by atoms with Crippen LogP contribution < -0.4 is 10.4 Å². The highest BCUT2D eigenvalue weighted by Gasteiger charge is 2.14. The fraction of sp³-hybridized carbons (Fsp3) is 0.267. The maximum atomic E-state index is 11.2. The summed E-state index contributed by atoms with van der Waals surface area (Å²) >= 11 is 0. The molecule has 0 aliphatic carbocycles. The van der Waals surface area contributed by atoms with Gasteiger partial charge in [0.1, 0.15) is 17.1 Å². The van der Waals surface area contributed by atoms with Crippen LogP contribution in [0.2, 0.25) is 0 Å². The van der Waals surface area contributed by atoms with Crippen LogP contribution in [0.4, 0.5) is 0 Å². The second-order valence-corrected chi connectivity index (χ2v) is 4.56. The standard InChI is InChI=1S/C15H16O4/c1-9(2)4-5-10-12(16)8-13-11(15(10)18-3)6-7-14(17)19-13/h4,6-8,16H,5H2,1-3H3. The molecule has 0 spiro atoms. The van der Waals surface area contributed by atoms with Crippen molar-refractivity contribution in [3.63, 3.8) is 0 Å². The van der Waals surface area contributed by atoms with Crippen LogP contribution in [0.15, 0.2) is 39.1 Å². The third-order valence-electron chi connectivity index (χ3n) is 2.88. The average molecular weight is 260 g/mol. The summed E-state index contributed by atoms with van der Waals surface area (Å²) < 4.78 is 10.4. The molecule has 0 amide bonds. The second kappa shape index (κ2) is 5.18. The van der Waals surface area contributed by atoms with Gasteiger partial charge >= 0.3 is 5.63 Å². The summed E-state index contributed by atoms with van der Waals surface area (Å²) in [5.74, 6) is 0.604. The van der Waals surface area contributed by atoms with E-state index in [9.17, 15) is 9.90 Å². The first-order chi connectivity index (χ1) is 9.02. The van der Waals surface area contributed by atoms with E-state index in [0.29, 0.717) is 28.7 Å². The van der Waals surface area contributed by atoms with E-state index in [1.165, 1.54) is 19.2 Å². The Hall–Kier alpha value is -2.23. The summed E-state index contributed by atoms with van der Waals surface area (Å²) in [6.45, 7) is 3.98. The van der Waals surface area contributed by atoms with E-state index in [2.05, 4.69) is 0 Å². The number of aromatic hydroxyl groups is 1. The highest BCUT2D eigenvalue weighted by Crippen LogP contribution is 2.36. The number of phenols is 1. The van der Waals surface area contributed by atoms with Crippen molar-refractivity contribution in [3.05, 3.63) is 45.8 Å². The highest BCUT2D eigenvalue weighted by atomic mass is 16.5. The Labute approximate surface area is 110 Å². The van der Waals surface area contributed by atoms with Gasteiger partial charge in [-0.1, -0.05) is 11.6 Å². The molecule has 0 aliphatic heterocycles. The number of hydrogen-bond acceptors (Lipinski definition) is 4. The van der Waals surface area contributed by atoms with Crippen LogP contribution in [0.3, 0.4) is 0 Å². The predicted molar refractivity (Wildman–Crippen MR) is 73.8 cm³/mol. The van der Waals surface area contributed by atoms with E-state index in [0.717, 1.165) is 5.57 Å². The summed E-state index contributed by atoms with van der Waals surface area (Å²) in [4.78, 5) is 11.2. The Kier molecular flexibility index (Phi) is 3.60. The molecule has 2 rings (SSSR count). The van der Waals surface area contributed by atoms with Crippen molar-refractivity contribution in [2.45, 2.75) is 20.3 Å². The first kappa shape index (κ1) is 13.2. The number of allylic oxidation sites excluding steroid dienone is 2. The fourth-order valence-electron chi connectivity index (χ4n) is 1.95. The van der Waals surface area contributed by atoms with E-state index in [4.69, 9.17) is 9.15 Å². The van der Waals surface area contributed by atoms with Crippen LogP contribution >= 0.6 is 0 Å². The number of methoxy groups -OCH3 is 1. The number of ether oxygens (including phenoxy) is 1. The molecule has 0 saturated carbocycles. The molecule has 0 saturated heterocycles. The topological polar surface area (TPSA) is 59.7 Å². The quantitative estimate of drug-likeness (QED) is 0.680. The van der Waals surface area contributed by atoms with Gasteiger partial charge in [0.15, 0.2) is 0 Å². The van der Waals surface area contributed by atoms with Crippen molar-refractivity contribution in [1.29, 1.82) is 0 Å². The lowest BCUT2D eigenvalue weighted by Crippen LogP contribution is -1.98. The molecule has 4 nitrogen and oxygen atoms in total. The van der Waals surface area contributed by atoms with E-state index in [1.807, 2.05) is 19.9 Å². The molecule has 0 fully saturated rings. The third-order valence-corrected chi connectivity index (χ3v) is 2.88. The van der Waals surface area contributed by atoms with Crippen molar-refractivity contribution in [2.24, 2.45) is 0 Å². The zero-order chi connectivity index (χ0) is 14.0. The number of phenolic OH excluding ortho intramolecular Hbond substituents is 1. The van der Waals surface area contributed by atoms with Gasteiger partial charge in [-0.3, -0.25) is 0 Å². The van der Waals surface area contributed by atoms with Gasteiger partial charge in [-0.15, -0.1) is 0 Å². The van der Waals surface area contributed by atoms with Crippen molar-refractivity contribution < 1.29 is 14.3 Å². The minimum absolute atomic E-state index is 0.0659. The van der Waals surface area contributed by atoms with Gasteiger partial charge in [-0.05, 0) is 26.3 Å². The molecular formula is C15H16O4. The van der Waals surface area contributed by atoms with Crippen LogP contribution in [-0.4, -0.2) is 12.2 Å². The summed E-state index contributed by atoms with van der Waals surface area (Å²) in [6, 6.07) is 4.44. The molecule has 0 atom stereocenters. The van der Waals surface area contributed by atoms with Crippen LogP contribution in [0.25, 0.3) is 11.0 Å². The highest BCUT2D eigenvalue weighted by molar-refractivity contribution is 5.87. The molecule has 100 valence electrons. The van der Waals surface area contributed by atoms with Gasteiger partial charge in [-0.25, -0.2) is 4.79 Å². The average Bonchev–Trinajstić information content (AvgIpc) is 2.35. The van der Waals surface area contributed by atoms with Gasteiger partial charge in [0.05, 0.1) is 12.5 Å². The van der Waals surface area contributed by atoms with Gasteiger partial charge in [0.25, 0.3) is 0 Å². The smallest absolute Gasteiger partial charge is 0.336 e. The van der Waals surface area contributed by atoms with E-state index in [1.54, 1.807) is 6.07 Å². The second-order valence-electron chi connectivity index (χ2n) is 4.56. The Bertz CT molecular complexity index is 691. The lowest BCUT2D eigenvalue weighted by Gasteiger charge is -2.11. The minimum Gasteiger partial charge on any atom is -0.507 e. The summed E-state index contributed by atoms with van der Waals surface area (Å²) in [5, 5.41) is 10.7. The summed E-state index contributed by atoms with van der Waals surface area (Å²) in [6.07, 6.45) is 2.56. The van der Waals surface area contributed by atoms with Crippen molar-refractivity contribution in [1.82, 2.24) is 0 Å². The van der Waals surface area contributed by atoms with Crippen molar-refractivity contribution in [3.8, 4) is 11.5 Å². The molecule has 0 aliphatic rings. The van der Waals surface area contributed by atoms with Crippen LogP contribution in [-0.2, 0) is 6.42 Å². The zero-order valence-corrected chi connectivity index (χ0v) is 11.2. The Balaban J connectivity index is 2.70. The number of hydrogen-bond donors (Lipinski definition) is 1. The number of rotatable bonds is 3. The molecule has 2 aromatic rings. The minimum atomic E-state index is -0.453. The normalized spacial score (nSPS) is 10.5. The number of fused-ring (bicyclic) bond motifs is 1. The van der Waals surface area contributed by atoms with Gasteiger partial charge < -0.3 is 14.3 Å². The van der Waals surface area contributed by atoms with Gasteiger partial charge in [-0.2, -0.15) is 0 Å². The van der Waals surface area contributed by atoms with Crippen molar-refractivity contribution in [2.75, 3.05) is 7.11 Å². The third kappa shape index (κ3) is 2.62. The molecule has 1 aromatic heterocycles. The Morgan fingerprint density at radius 2 is 2.16 bits per heavy atom. The summed E-state index contributed by atoms with van der Waals surface area (Å²) in [7, 11) is 1.53. The van der Waals surface area contributed by atoms with Crippen molar-refractivity contribution >= 4 is 11.0 Å². The largest absolute Gasteiger partial charge is 0.507 e. The Morgan fingerprint density at radius 3 is 2.79 bits per heavy atom. The fourth-order valence-corrected chi connectivity index (χ4v) is 1.95. The Morgan fingerprint density at radius 1 is 1.42 bits per heavy atom. The van der Waals surface area contributed by atoms with Crippen LogP contribution in [0.5, 0.6) is 11.5 Å². The lowest BCUT2D eigenvalue weighted by molar-refractivity contribution is 0.404. The molecule has 1 aromatic carbocycles. The van der Waals surface area contributed by atoms with E-state index >= 15 is 0 Å². The van der Waals surface area contributed by atoms with E-state index in [-0.39, 0.29) is 5.75 Å². The molecular weight excluding hydrogens is 244 g/mol. The van der Waals surface area contributed by atoms with E-state index < -0.39 is 5.63 Å². The first-order valence-corrected chi connectivity index (χ1v) is 5.99. The zero-order valence-electron chi connectivity index (χ0n) is 11.2. The maximum absolute atomic E-state index is 11.2. The first-order valence-electron chi connectivity index (χ1n) is 5.99. The lowest BCUT2D eigenvalue weighted by atomic mass is 10.0. The molecule has 0 unspecified atom stereocenters. The molecule has 0 radical (unpaired) electrons. The van der Waals surface area contributed by atoms with Gasteiger partial charge in [0, 0.05) is 17.7 Å². The maximum Gasteiger partial charge on any atom is 0.336 e. The molecule has 4 heteroatoms. The molecule has 1 N–H and O–H groups in total.